The van der Waals surface area contributed by atoms with E-state index < -0.39 is 0 Å². The van der Waals surface area contributed by atoms with Crippen molar-refractivity contribution in [2.75, 3.05) is 174 Å². The highest BCUT2D eigenvalue weighted by Crippen LogP contribution is 2.39. The van der Waals surface area contributed by atoms with Crippen molar-refractivity contribution in [1.82, 2.24) is 65.2 Å². The van der Waals surface area contributed by atoms with Gasteiger partial charge in [0, 0.05) is 223 Å². The van der Waals surface area contributed by atoms with E-state index in [4.69, 9.17) is 14.2 Å². The molecule has 0 saturated carbocycles. The number of aromatic nitrogens is 3. The summed E-state index contributed by atoms with van der Waals surface area (Å²) < 4.78 is 17.4. The summed E-state index contributed by atoms with van der Waals surface area (Å²) in [6.45, 7) is 52.1. The number of likely N-dealkylation sites (tertiary alicyclic amines) is 3. The van der Waals surface area contributed by atoms with Crippen LogP contribution >= 0.6 is 0 Å². The van der Waals surface area contributed by atoms with Gasteiger partial charge in [-0.25, -0.2) is 0 Å². The second kappa shape index (κ2) is 48.2. The number of amides is 6. The topological polar surface area (TPSA) is 297 Å². The van der Waals surface area contributed by atoms with Gasteiger partial charge in [-0.05, 0) is 293 Å². The number of carbonyl (C=O) groups excluding carboxylic acids is 6. The lowest BCUT2D eigenvalue weighted by molar-refractivity contribution is -0.125. The van der Waals surface area contributed by atoms with Crippen molar-refractivity contribution in [2.45, 2.75) is 147 Å². The maximum atomic E-state index is 13.9. The Kier molecular flexibility index (Phi) is 36.2. The van der Waals surface area contributed by atoms with Crippen LogP contribution in [0.1, 0.15) is 144 Å². The minimum absolute atomic E-state index is 0.0536. The highest BCUT2D eigenvalue weighted by molar-refractivity contribution is 6.01. The summed E-state index contributed by atoms with van der Waals surface area (Å²) in [5, 5.41) is 9.03. The van der Waals surface area contributed by atoms with E-state index in [2.05, 4.69) is 155 Å². The number of pyridine rings is 3. The number of hydrogen-bond acceptors (Lipinski definition) is 19. The van der Waals surface area contributed by atoms with Gasteiger partial charge in [0.2, 0.25) is 17.7 Å². The summed E-state index contributed by atoms with van der Waals surface area (Å²) in [6, 6.07) is 42.9. The largest absolute Gasteiger partial charge is 0.492 e. The number of likely N-dealkylation sites (N-methyl/N-ethyl adjacent to an activating group) is 5. The molecule has 137 heavy (non-hydrogen) atoms. The zero-order valence-corrected chi connectivity index (χ0v) is 82.9. The minimum atomic E-state index is -0.251. The van der Waals surface area contributed by atoms with Crippen LogP contribution in [0.15, 0.2) is 180 Å². The molecule has 5 aliphatic heterocycles. The van der Waals surface area contributed by atoms with Crippen molar-refractivity contribution in [2.24, 2.45) is 0 Å². The Balaban J connectivity index is 0.000000185. The number of piperazine rings is 1. The van der Waals surface area contributed by atoms with Crippen LogP contribution < -0.4 is 56.8 Å². The van der Waals surface area contributed by atoms with Crippen LogP contribution in [0.4, 0.5) is 17.1 Å². The quantitative estimate of drug-likeness (QED) is 0.0204. The van der Waals surface area contributed by atoms with Crippen LogP contribution in [0.2, 0.25) is 0 Å². The molecule has 0 aliphatic carbocycles. The number of rotatable bonds is 34. The highest BCUT2D eigenvalue weighted by atomic mass is 16.5. The molecule has 5 aliphatic rings. The zero-order valence-electron chi connectivity index (χ0n) is 82.9. The summed E-state index contributed by atoms with van der Waals surface area (Å²) in [4.78, 5) is 147. The Bertz CT molecular complexity index is 5990. The predicted octanol–water partition coefficient (Wildman–Crippen LogP) is 12.9. The van der Waals surface area contributed by atoms with Crippen LogP contribution in [-0.2, 0) is 45.3 Å². The fourth-order valence-corrected chi connectivity index (χ4v) is 19.2. The van der Waals surface area contributed by atoms with E-state index in [0.717, 1.165) is 210 Å². The average molecular weight is 1870 g/mol. The van der Waals surface area contributed by atoms with Gasteiger partial charge in [0.05, 0.1) is 13.2 Å². The summed E-state index contributed by atoms with van der Waals surface area (Å²) in [7, 11) is 6.19. The molecule has 0 spiro atoms. The fraction of sp³-hybridized carbons (Fsp3) is 0.422. The van der Waals surface area contributed by atoms with E-state index >= 15 is 0 Å². The molecule has 6 N–H and O–H groups in total. The second-order valence-electron chi connectivity index (χ2n) is 36.8. The van der Waals surface area contributed by atoms with E-state index in [1.807, 2.05) is 176 Å². The van der Waals surface area contributed by atoms with Gasteiger partial charge < -0.3 is 84.3 Å². The summed E-state index contributed by atoms with van der Waals surface area (Å²) in [5.41, 5.74) is 20.0. The number of anilines is 3. The van der Waals surface area contributed by atoms with Crippen LogP contribution in [0.5, 0.6) is 11.5 Å². The van der Waals surface area contributed by atoms with Crippen LogP contribution in [0.3, 0.4) is 0 Å². The van der Waals surface area contributed by atoms with Crippen LogP contribution in [0.25, 0.3) is 33.4 Å². The Morgan fingerprint density at radius 1 is 0.423 bits per heavy atom. The first-order valence-electron chi connectivity index (χ1n) is 48.1. The number of nitrogens with zero attached hydrogens (tertiary/aromatic N) is 10. The number of morpholine rings is 1. The molecule has 0 radical (unpaired) electrons. The monoisotopic (exact) mass is 1870 g/mol. The predicted molar refractivity (Wildman–Crippen MR) is 547 cm³/mol. The summed E-state index contributed by atoms with van der Waals surface area (Å²) >= 11 is 0. The molecule has 14 rings (SSSR count). The normalized spacial score (nSPS) is 16.1. The van der Waals surface area contributed by atoms with Gasteiger partial charge in [-0.15, -0.1) is 0 Å². The number of ether oxygens (including phenoxy) is 3. The number of benzene rings is 6. The van der Waals surface area contributed by atoms with Crippen molar-refractivity contribution in [3.05, 3.63) is 286 Å². The van der Waals surface area contributed by atoms with Gasteiger partial charge in [-0.1, -0.05) is 68.3 Å². The molecule has 5 fully saturated rings. The van der Waals surface area contributed by atoms with E-state index in [-0.39, 0.29) is 89.9 Å². The SMILES string of the molecule is C=CC(=O)N1CCC(N(CC)c2cc(-c3ccc(CN4CCN(C)CC4)cc3)cc(C(=O)NCc3c(C)cc(C)[nH]c3=O)c2C)C1.C=CC(=O)N1CCC(N(CC)c2cc(-c3ccc(OCCN(C)C)cc3)cc(C(=O)NCc3c(C)cc(C)[nH]c3=O)c2C)C1.C=CC(=O)N1CCC(N(CC)c2cc(-c3ccc(OCCN4CCOCC4)cc3)cc(C(=O)NCc3c(C)cc(C)[nH]c3=O)c2C)C1. The zero-order chi connectivity index (χ0) is 98.4. The maximum absolute atomic E-state index is 13.9. The van der Waals surface area contributed by atoms with Crippen molar-refractivity contribution in [3.8, 4) is 44.9 Å². The van der Waals surface area contributed by atoms with Gasteiger partial charge in [0.25, 0.3) is 34.4 Å². The molecule has 728 valence electrons. The van der Waals surface area contributed by atoms with Crippen molar-refractivity contribution in [3.63, 3.8) is 0 Å². The molecule has 6 amide bonds. The Morgan fingerprint density at radius 3 is 1.07 bits per heavy atom. The van der Waals surface area contributed by atoms with Gasteiger partial charge in [-0.3, -0.25) is 53.0 Å². The Labute approximate surface area is 807 Å². The number of aromatic amines is 3. The van der Waals surface area contributed by atoms with E-state index in [1.54, 1.807) is 0 Å². The maximum Gasteiger partial charge on any atom is 0.253 e. The minimum Gasteiger partial charge on any atom is -0.492 e. The molecule has 5 saturated heterocycles. The second-order valence-corrected chi connectivity index (χ2v) is 36.8. The standard InChI is InChI=1S/C37H48N6O3.C37H47N5O5.C35H45N5O4/c1-7-35(44)42-14-13-31(24-42)43(8-2)34-21-30(29-11-9-28(10-12-29)23-41-17-15-40(6)16-18-41)20-32(27(34)5)36(45)38-22-33-25(3)19-26(4)39-37(33)46;1-6-35(43)41-13-12-30(24-41)42(7-2)34-22-29(28-8-10-31(11-9-28)47-19-16-40-14-17-46-18-15-40)21-32(27(34)5)36(44)38-23-33-25(3)20-26(4)39-37(33)45;1-8-33(41)39-15-14-28(22-39)40(9-2)32-20-27(26-10-12-29(13-11-26)44-17-16-38(6)7)19-30(25(32)5)34(42)36-21-31-23(3)18-24(4)37-35(31)43/h7,9-12,19-21,31H,1,8,13-18,22-24H2,2-6H3,(H,38,45)(H,39,46);6,8-11,20-22,30H,1,7,12-19,23-24H2,2-5H3,(H,38,44)(H,39,45);8,10-13,18-20,28H,1,9,14-17,21-22H2,2-7H3,(H,36,42)(H,37,43). The van der Waals surface area contributed by atoms with Crippen LogP contribution in [0, 0.1) is 62.3 Å². The molecule has 0 bridgehead atoms. The highest BCUT2D eigenvalue weighted by Gasteiger charge is 2.36. The molecule has 9 aromatic rings. The molecular weight excluding hydrogens is 1730 g/mol. The first-order valence-corrected chi connectivity index (χ1v) is 48.1. The Morgan fingerprint density at radius 2 is 0.752 bits per heavy atom. The van der Waals surface area contributed by atoms with Gasteiger partial charge in [-0.2, -0.15) is 0 Å². The van der Waals surface area contributed by atoms with E-state index in [0.29, 0.717) is 99.0 Å². The lowest BCUT2D eigenvalue weighted by atomic mass is 9.95. The number of H-pyrrole nitrogens is 3. The summed E-state index contributed by atoms with van der Waals surface area (Å²) in [5.74, 6) is 0.663. The van der Waals surface area contributed by atoms with Gasteiger partial charge >= 0.3 is 0 Å². The molecule has 8 heterocycles. The lowest BCUT2D eigenvalue weighted by Crippen LogP contribution is -2.43. The fourth-order valence-electron chi connectivity index (χ4n) is 19.2. The van der Waals surface area contributed by atoms with Crippen molar-refractivity contribution < 1.29 is 43.0 Å². The molecule has 3 unspecified atom stereocenters. The van der Waals surface area contributed by atoms with Crippen LogP contribution in [-0.4, -0.2) is 262 Å². The third kappa shape index (κ3) is 26.4. The Hall–Kier alpha value is -13.0. The van der Waals surface area contributed by atoms with Gasteiger partial charge in [0.15, 0.2) is 0 Å². The van der Waals surface area contributed by atoms with Gasteiger partial charge in [0.1, 0.15) is 24.7 Å². The molecule has 28 heteroatoms. The number of nitrogens with one attached hydrogen (secondary N) is 6. The first-order chi connectivity index (χ1) is 65.8. The number of hydrogen-bond donors (Lipinski definition) is 6. The summed E-state index contributed by atoms with van der Waals surface area (Å²) in [6.07, 6.45) is 6.60. The number of carbonyl (C=O) groups is 6. The lowest BCUT2D eigenvalue weighted by Gasteiger charge is -2.33. The number of aryl methyl sites for hydroxylation is 6. The van der Waals surface area contributed by atoms with Crippen molar-refractivity contribution in [1.29, 1.82) is 0 Å². The smallest absolute Gasteiger partial charge is 0.253 e. The van der Waals surface area contributed by atoms with Crippen molar-refractivity contribution >= 4 is 52.5 Å². The molecular formula is C109H140N16O12. The molecule has 28 nitrogen and oxygen atoms in total. The third-order valence-electron chi connectivity index (χ3n) is 27.1. The van der Waals surface area contributed by atoms with E-state index in [1.165, 1.54) is 23.8 Å². The average Bonchev–Trinajstić information content (AvgIpc) is 1.74. The first kappa shape index (κ1) is 103. The van der Waals surface area contributed by atoms with E-state index in [9.17, 15) is 43.2 Å². The molecule has 3 aromatic heterocycles. The third-order valence-corrected chi connectivity index (χ3v) is 27.1. The molecule has 3 atom stereocenters. The molecule has 6 aromatic carbocycles.